The number of nitrogens with zero attached hydrogens (tertiary/aromatic N) is 1. The number of hydrogen-bond donors (Lipinski definition) is 1. The largest absolute Gasteiger partial charge is 0.352 e. The van der Waals surface area contributed by atoms with E-state index in [0.29, 0.717) is 12.5 Å². The summed E-state index contributed by atoms with van der Waals surface area (Å²) in [7, 11) is 1.71. The maximum absolute atomic E-state index is 13.6. The van der Waals surface area contributed by atoms with E-state index < -0.39 is 17.5 Å². The Hall–Kier alpha value is -3.28. The SMILES string of the molecule is CN(C(=O)CCCNC(=O)c1ccc(F)cc1F)c1ccc2ccccc2c1. The van der Waals surface area contributed by atoms with E-state index in [1.54, 1.807) is 11.9 Å². The topological polar surface area (TPSA) is 49.4 Å². The first-order valence-electron chi connectivity index (χ1n) is 8.94. The molecule has 3 aromatic rings. The third-order valence-corrected chi connectivity index (χ3v) is 4.52. The summed E-state index contributed by atoms with van der Waals surface area (Å²) < 4.78 is 26.5. The van der Waals surface area contributed by atoms with Crippen LogP contribution >= 0.6 is 0 Å². The van der Waals surface area contributed by atoms with Gasteiger partial charge < -0.3 is 10.2 Å². The molecular weight excluding hydrogens is 362 g/mol. The molecule has 3 aromatic carbocycles. The van der Waals surface area contributed by atoms with E-state index in [1.165, 1.54) is 0 Å². The molecule has 2 amide bonds. The van der Waals surface area contributed by atoms with Crippen molar-refractivity contribution in [3.63, 3.8) is 0 Å². The Balaban J connectivity index is 1.51. The van der Waals surface area contributed by atoms with E-state index in [0.717, 1.165) is 28.6 Å². The Kier molecular flexibility index (Phi) is 5.99. The molecule has 1 N–H and O–H groups in total. The molecule has 0 unspecified atom stereocenters. The lowest BCUT2D eigenvalue weighted by Crippen LogP contribution is -2.29. The molecule has 0 spiro atoms. The molecule has 4 nitrogen and oxygen atoms in total. The summed E-state index contributed by atoms with van der Waals surface area (Å²) in [4.78, 5) is 25.9. The third kappa shape index (κ3) is 4.52. The molecule has 0 aliphatic heterocycles. The number of halogens is 2. The number of anilines is 1. The zero-order valence-electron chi connectivity index (χ0n) is 15.4. The molecule has 0 saturated heterocycles. The van der Waals surface area contributed by atoms with E-state index in [9.17, 15) is 18.4 Å². The smallest absolute Gasteiger partial charge is 0.254 e. The fraction of sp³-hybridized carbons (Fsp3) is 0.182. The first-order valence-corrected chi connectivity index (χ1v) is 8.94. The molecule has 0 saturated carbocycles. The Morgan fingerprint density at radius 2 is 1.71 bits per heavy atom. The second-order valence-electron chi connectivity index (χ2n) is 6.47. The quantitative estimate of drug-likeness (QED) is 0.647. The first kappa shape index (κ1) is 19.5. The van der Waals surface area contributed by atoms with Crippen LogP contribution in [0.1, 0.15) is 23.2 Å². The van der Waals surface area contributed by atoms with E-state index in [1.807, 2.05) is 42.5 Å². The normalized spacial score (nSPS) is 10.7. The van der Waals surface area contributed by atoms with Gasteiger partial charge >= 0.3 is 0 Å². The maximum Gasteiger partial charge on any atom is 0.254 e. The average molecular weight is 382 g/mol. The van der Waals surface area contributed by atoms with Gasteiger partial charge in [0.05, 0.1) is 5.56 Å². The fourth-order valence-corrected chi connectivity index (χ4v) is 2.91. The lowest BCUT2D eigenvalue weighted by Gasteiger charge is -2.18. The third-order valence-electron chi connectivity index (χ3n) is 4.52. The predicted octanol–water partition coefficient (Wildman–Crippen LogP) is 4.29. The summed E-state index contributed by atoms with van der Waals surface area (Å²) in [6, 6.07) is 16.5. The molecule has 0 aliphatic rings. The van der Waals surface area contributed by atoms with Crippen LogP contribution in [0.15, 0.2) is 60.7 Å². The number of rotatable bonds is 6. The number of fused-ring (bicyclic) bond motifs is 1. The summed E-state index contributed by atoms with van der Waals surface area (Å²) in [6.45, 7) is 0.215. The van der Waals surface area contributed by atoms with Crippen molar-refractivity contribution in [2.45, 2.75) is 12.8 Å². The second kappa shape index (κ2) is 8.61. The number of carbonyl (C=O) groups excluding carboxylic acids is 2. The molecule has 0 aliphatic carbocycles. The summed E-state index contributed by atoms with van der Waals surface area (Å²) in [5.41, 5.74) is 0.571. The van der Waals surface area contributed by atoms with Crippen LogP contribution in [-0.4, -0.2) is 25.4 Å². The molecule has 0 fully saturated rings. The molecule has 3 rings (SSSR count). The van der Waals surface area contributed by atoms with Gasteiger partial charge in [-0.05, 0) is 41.5 Å². The number of benzene rings is 3. The molecule has 0 atom stereocenters. The van der Waals surface area contributed by atoms with Crippen LogP contribution in [0.25, 0.3) is 10.8 Å². The minimum Gasteiger partial charge on any atom is -0.352 e. The molecule has 0 bridgehead atoms. The van der Waals surface area contributed by atoms with Crippen LogP contribution in [-0.2, 0) is 4.79 Å². The van der Waals surface area contributed by atoms with Crippen LogP contribution in [0.4, 0.5) is 14.5 Å². The average Bonchev–Trinajstić information content (AvgIpc) is 2.70. The summed E-state index contributed by atoms with van der Waals surface area (Å²) in [6.07, 6.45) is 0.640. The van der Waals surface area contributed by atoms with Gasteiger partial charge in [-0.25, -0.2) is 8.78 Å². The highest BCUT2D eigenvalue weighted by atomic mass is 19.1. The van der Waals surface area contributed by atoms with Crippen LogP contribution < -0.4 is 10.2 Å². The Morgan fingerprint density at radius 3 is 2.46 bits per heavy atom. The minimum absolute atomic E-state index is 0.0857. The van der Waals surface area contributed by atoms with Gasteiger partial charge in [0.2, 0.25) is 5.91 Å². The Morgan fingerprint density at radius 1 is 0.964 bits per heavy atom. The van der Waals surface area contributed by atoms with Gasteiger partial charge in [0.15, 0.2) is 0 Å². The maximum atomic E-state index is 13.6. The lowest BCUT2D eigenvalue weighted by molar-refractivity contribution is -0.118. The molecule has 0 aromatic heterocycles. The van der Waals surface area contributed by atoms with E-state index in [2.05, 4.69) is 5.32 Å². The molecule has 144 valence electrons. The number of hydrogen-bond acceptors (Lipinski definition) is 2. The van der Waals surface area contributed by atoms with Crippen molar-refractivity contribution in [1.82, 2.24) is 5.32 Å². The number of amides is 2. The van der Waals surface area contributed by atoms with Crippen LogP contribution in [0, 0.1) is 11.6 Å². The summed E-state index contributed by atoms with van der Waals surface area (Å²) in [5.74, 6) is -2.37. The summed E-state index contributed by atoms with van der Waals surface area (Å²) >= 11 is 0. The zero-order chi connectivity index (χ0) is 20.1. The predicted molar refractivity (Wildman–Crippen MR) is 105 cm³/mol. The molecule has 0 radical (unpaired) electrons. The lowest BCUT2D eigenvalue weighted by atomic mass is 10.1. The van der Waals surface area contributed by atoms with Gasteiger partial charge in [0, 0.05) is 31.8 Å². The fourth-order valence-electron chi connectivity index (χ4n) is 2.91. The van der Waals surface area contributed by atoms with Gasteiger partial charge in [0.25, 0.3) is 5.91 Å². The van der Waals surface area contributed by atoms with E-state index >= 15 is 0 Å². The van der Waals surface area contributed by atoms with Crippen LogP contribution in [0.5, 0.6) is 0 Å². The summed E-state index contributed by atoms with van der Waals surface area (Å²) in [5, 5.41) is 4.69. The van der Waals surface area contributed by atoms with E-state index in [4.69, 9.17) is 0 Å². The van der Waals surface area contributed by atoms with Gasteiger partial charge in [-0.15, -0.1) is 0 Å². The molecule has 0 heterocycles. The highest BCUT2D eigenvalue weighted by Crippen LogP contribution is 2.22. The van der Waals surface area contributed by atoms with E-state index in [-0.39, 0.29) is 24.4 Å². The Bertz CT molecular complexity index is 1020. The van der Waals surface area contributed by atoms with Gasteiger partial charge in [0.1, 0.15) is 11.6 Å². The standard InChI is InChI=1S/C22H20F2N2O2/c1-26(18-10-8-15-5-2-3-6-16(15)13-18)21(27)7-4-12-25-22(28)19-11-9-17(23)14-20(19)24/h2-3,5-6,8-11,13-14H,4,7,12H2,1H3,(H,25,28). The highest BCUT2D eigenvalue weighted by molar-refractivity contribution is 5.96. The molecule has 6 heteroatoms. The van der Waals surface area contributed by atoms with Crippen molar-refractivity contribution >= 4 is 28.3 Å². The van der Waals surface area contributed by atoms with Crippen molar-refractivity contribution in [1.29, 1.82) is 0 Å². The zero-order valence-corrected chi connectivity index (χ0v) is 15.4. The van der Waals surface area contributed by atoms with Crippen LogP contribution in [0.2, 0.25) is 0 Å². The van der Waals surface area contributed by atoms with Gasteiger partial charge in [-0.2, -0.15) is 0 Å². The van der Waals surface area contributed by atoms with Crippen molar-refractivity contribution in [3.8, 4) is 0 Å². The molecular formula is C22H20F2N2O2. The van der Waals surface area contributed by atoms with Crippen molar-refractivity contribution in [2.24, 2.45) is 0 Å². The highest BCUT2D eigenvalue weighted by Gasteiger charge is 2.14. The van der Waals surface area contributed by atoms with Crippen LogP contribution in [0.3, 0.4) is 0 Å². The van der Waals surface area contributed by atoms with Crippen molar-refractivity contribution in [3.05, 3.63) is 77.9 Å². The second-order valence-corrected chi connectivity index (χ2v) is 6.47. The minimum atomic E-state index is -0.912. The molecule has 28 heavy (non-hydrogen) atoms. The first-order chi connectivity index (χ1) is 13.5. The monoisotopic (exact) mass is 382 g/mol. The van der Waals surface area contributed by atoms with Crippen molar-refractivity contribution in [2.75, 3.05) is 18.5 Å². The van der Waals surface area contributed by atoms with Gasteiger partial charge in [-0.3, -0.25) is 9.59 Å². The van der Waals surface area contributed by atoms with Crippen molar-refractivity contribution < 1.29 is 18.4 Å². The Labute approximate surface area is 161 Å². The number of nitrogens with one attached hydrogen (secondary N) is 1. The number of carbonyl (C=O) groups is 2. The van der Waals surface area contributed by atoms with Gasteiger partial charge in [-0.1, -0.05) is 30.3 Å².